The number of piperidine rings is 1. The van der Waals surface area contributed by atoms with Crippen LogP contribution in [0.25, 0.3) is 0 Å². The highest BCUT2D eigenvalue weighted by Gasteiger charge is 2.25. The lowest BCUT2D eigenvalue weighted by Gasteiger charge is -2.32. The number of aromatic nitrogens is 3. The van der Waals surface area contributed by atoms with Crippen LogP contribution in [-0.4, -0.2) is 44.7 Å². The van der Waals surface area contributed by atoms with Crippen molar-refractivity contribution < 1.29 is 9.59 Å². The van der Waals surface area contributed by atoms with Crippen LogP contribution in [-0.2, 0) is 0 Å². The quantitative estimate of drug-likeness (QED) is 0.891. The highest BCUT2D eigenvalue weighted by Crippen LogP contribution is 2.22. The van der Waals surface area contributed by atoms with E-state index in [1.54, 1.807) is 11.0 Å². The van der Waals surface area contributed by atoms with Crippen molar-refractivity contribution in [2.24, 2.45) is 5.73 Å². The van der Waals surface area contributed by atoms with Gasteiger partial charge >= 0.3 is 6.03 Å². The van der Waals surface area contributed by atoms with Gasteiger partial charge in [-0.15, -0.1) is 0 Å². The molecule has 3 N–H and O–H groups in total. The van der Waals surface area contributed by atoms with E-state index in [2.05, 4.69) is 15.4 Å². The molecule has 3 amide bonds. The van der Waals surface area contributed by atoms with Crippen LogP contribution < -0.4 is 11.1 Å². The molecule has 1 fully saturated rings. The molecule has 0 saturated carbocycles. The number of carbonyl (C=O) groups excluding carboxylic acids is 2. The van der Waals surface area contributed by atoms with Gasteiger partial charge in [-0.05, 0) is 37.5 Å². The van der Waals surface area contributed by atoms with Crippen LogP contribution in [0.3, 0.4) is 0 Å². The van der Waals surface area contributed by atoms with Gasteiger partial charge in [-0.1, -0.05) is 0 Å². The number of nitrogens with two attached hydrogens (primary N) is 1. The number of primary amides is 1. The predicted molar refractivity (Wildman–Crippen MR) is 88.6 cm³/mol. The fourth-order valence-electron chi connectivity index (χ4n) is 2.80. The van der Waals surface area contributed by atoms with E-state index >= 15 is 0 Å². The maximum atomic E-state index is 12.4. The summed E-state index contributed by atoms with van der Waals surface area (Å²) >= 11 is 0. The van der Waals surface area contributed by atoms with Crippen LogP contribution in [0.15, 0.2) is 30.7 Å². The second kappa shape index (κ2) is 6.69. The lowest BCUT2D eigenvalue weighted by atomic mass is 10.1. The van der Waals surface area contributed by atoms with Crippen LogP contribution in [0.5, 0.6) is 0 Å². The summed E-state index contributed by atoms with van der Waals surface area (Å²) in [4.78, 5) is 29.1. The monoisotopic (exact) mass is 328 g/mol. The van der Waals surface area contributed by atoms with Crippen LogP contribution >= 0.6 is 0 Å². The minimum absolute atomic E-state index is 0.167. The maximum Gasteiger partial charge on any atom is 0.321 e. The van der Waals surface area contributed by atoms with Crippen molar-refractivity contribution in [1.82, 2.24) is 19.7 Å². The van der Waals surface area contributed by atoms with E-state index in [9.17, 15) is 9.59 Å². The van der Waals surface area contributed by atoms with E-state index in [1.165, 1.54) is 12.3 Å². The van der Waals surface area contributed by atoms with Crippen LogP contribution in [0.1, 0.15) is 34.9 Å². The lowest BCUT2D eigenvalue weighted by molar-refractivity contribution is 0.0995. The van der Waals surface area contributed by atoms with Crippen molar-refractivity contribution in [3.05, 3.63) is 42.0 Å². The molecule has 0 bridgehead atoms. The SMILES string of the molecule is Cc1cnn([C@H]2CCCN(C(=O)Nc3ccc(C(N)=O)nc3)C2)c1. The minimum atomic E-state index is -0.596. The fraction of sp³-hybridized carbons (Fsp3) is 0.375. The molecule has 2 aromatic heterocycles. The molecule has 0 aliphatic carbocycles. The van der Waals surface area contributed by atoms with Gasteiger partial charge in [0.25, 0.3) is 5.91 Å². The summed E-state index contributed by atoms with van der Waals surface area (Å²) in [6.07, 6.45) is 7.18. The van der Waals surface area contributed by atoms with Gasteiger partial charge in [-0.2, -0.15) is 5.10 Å². The molecule has 0 radical (unpaired) electrons. The zero-order chi connectivity index (χ0) is 17.1. The molecule has 8 heteroatoms. The molecule has 0 aromatic carbocycles. The van der Waals surface area contributed by atoms with Crippen LogP contribution in [0.4, 0.5) is 10.5 Å². The molecule has 3 heterocycles. The highest BCUT2D eigenvalue weighted by atomic mass is 16.2. The van der Waals surface area contributed by atoms with E-state index in [-0.39, 0.29) is 17.8 Å². The number of anilines is 1. The van der Waals surface area contributed by atoms with Gasteiger partial charge in [-0.3, -0.25) is 9.48 Å². The average Bonchev–Trinajstić information content (AvgIpc) is 3.02. The number of nitrogens with one attached hydrogen (secondary N) is 1. The van der Waals surface area contributed by atoms with Crippen molar-refractivity contribution in [3.63, 3.8) is 0 Å². The molecule has 24 heavy (non-hydrogen) atoms. The maximum absolute atomic E-state index is 12.4. The average molecular weight is 328 g/mol. The van der Waals surface area contributed by atoms with Crippen LogP contribution in [0.2, 0.25) is 0 Å². The molecule has 0 spiro atoms. The van der Waals surface area contributed by atoms with E-state index in [4.69, 9.17) is 5.73 Å². The predicted octanol–water partition coefficient (Wildman–Crippen LogP) is 1.55. The smallest absolute Gasteiger partial charge is 0.321 e. The van der Waals surface area contributed by atoms with E-state index < -0.39 is 5.91 Å². The summed E-state index contributed by atoms with van der Waals surface area (Å²) in [5, 5.41) is 7.15. The Labute approximate surface area is 139 Å². The Morgan fingerprint density at radius 3 is 2.79 bits per heavy atom. The largest absolute Gasteiger partial charge is 0.364 e. The summed E-state index contributed by atoms with van der Waals surface area (Å²) in [5.41, 5.74) is 6.95. The van der Waals surface area contributed by atoms with E-state index in [0.717, 1.165) is 18.4 Å². The molecule has 1 saturated heterocycles. The second-order valence-electron chi connectivity index (χ2n) is 5.97. The molecule has 126 valence electrons. The summed E-state index contributed by atoms with van der Waals surface area (Å²) in [7, 11) is 0. The Morgan fingerprint density at radius 2 is 2.17 bits per heavy atom. The number of hydrogen-bond donors (Lipinski definition) is 2. The molecule has 1 aliphatic rings. The number of hydrogen-bond acceptors (Lipinski definition) is 4. The topological polar surface area (TPSA) is 106 Å². The fourth-order valence-corrected chi connectivity index (χ4v) is 2.80. The lowest BCUT2D eigenvalue weighted by Crippen LogP contribution is -2.43. The van der Waals surface area contributed by atoms with Gasteiger partial charge < -0.3 is 16.0 Å². The summed E-state index contributed by atoms with van der Waals surface area (Å²) in [6, 6.07) is 3.11. The number of nitrogens with zero attached hydrogens (tertiary/aromatic N) is 4. The number of rotatable bonds is 3. The van der Waals surface area contributed by atoms with Gasteiger partial charge in [0, 0.05) is 19.3 Å². The normalized spacial score (nSPS) is 17.5. The summed E-state index contributed by atoms with van der Waals surface area (Å²) < 4.78 is 1.93. The number of aryl methyl sites for hydroxylation is 1. The zero-order valence-corrected chi connectivity index (χ0v) is 13.5. The first-order valence-corrected chi connectivity index (χ1v) is 7.85. The van der Waals surface area contributed by atoms with Crippen molar-refractivity contribution in [1.29, 1.82) is 0 Å². The number of likely N-dealkylation sites (tertiary alicyclic amines) is 1. The summed E-state index contributed by atoms with van der Waals surface area (Å²) in [5.74, 6) is -0.596. The van der Waals surface area contributed by atoms with Gasteiger partial charge in [-0.25, -0.2) is 9.78 Å². The van der Waals surface area contributed by atoms with E-state index in [0.29, 0.717) is 18.8 Å². The highest BCUT2D eigenvalue weighted by molar-refractivity contribution is 5.92. The number of amides is 3. The van der Waals surface area contributed by atoms with Crippen LogP contribution in [0, 0.1) is 6.92 Å². The van der Waals surface area contributed by atoms with Gasteiger partial charge in [0.15, 0.2) is 0 Å². The molecule has 2 aromatic rings. The Hall–Kier alpha value is -2.90. The van der Waals surface area contributed by atoms with Crippen molar-refractivity contribution in [2.45, 2.75) is 25.8 Å². The third kappa shape index (κ3) is 3.53. The van der Waals surface area contributed by atoms with E-state index in [1.807, 2.05) is 24.0 Å². The molecule has 0 unspecified atom stereocenters. The molecule has 1 atom stereocenters. The molecule has 3 rings (SSSR count). The summed E-state index contributed by atoms with van der Waals surface area (Å²) in [6.45, 7) is 3.31. The Kier molecular flexibility index (Phi) is 4.45. The Balaban J connectivity index is 1.63. The molecule has 1 aliphatic heterocycles. The number of pyridine rings is 1. The zero-order valence-electron chi connectivity index (χ0n) is 13.5. The molecular weight excluding hydrogens is 308 g/mol. The Bertz CT molecular complexity index is 739. The minimum Gasteiger partial charge on any atom is -0.364 e. The third-order valence-corrected chi connectivity index (χ3v) is 4.06. The first-order valence-electron chi connectivity index (χ1n) is 7.85. The van der Waals surface area contributed by atoms with Gasteiger partial charge in [0.05, 0.1) is 24.1 Å². The molecular formula is C16H20N6O2. The van der Waals surface area contributed by atoms with Crippen molar-refractivity contribution in [2.75, 3.05) is 18.4 Å². The Morgan fingerprint density at radius 1 is 1.33 bits per heavy atom. The first kappa shape index (κ1) is 16.0. The van der Waals surface area contributed by atoms with Crippen molar-refractivity contribution in [3.8, 4) is 0 Å². The second-order valence-corrected chi connectivity index (χ2v) is 5.97. The van der Waals surface area contributed by atoms with Gasteiger partial charge in [0.2, 0.25) is 0 Å². The standard InChI is InChI=1S/C16H20N6O2/c1-11-7-19-22(9-11)13-3-2-6-21(10-13)16(24)20-12-4-5-14(15(17)23)18-8-12/h4-5,7-9,13H,2-3,6,10H2,1H3,(H2,17,23)(H,20,24)/t13-/m0/s1. The molecule has 8 nitrogen and oxygen atoms in total. The van der Waals surface area contributed by atoms with Gasteiger partial charge in [0.1, 0.15) is 5.69 Å². The number of carbonyl (C=O) groups is 2. The van der Waals surface area contributed by atoms with Crippen molar-refractivity contribution >= 4 is 17.6 Å². The number of urea groups is 1. The first-order chi connectivity index (χ1) is 11.5. The third-order valence-electron chi connectivity index (χ3n) is 4.06.